The molecule has 0 amide bonds. The molecule has 1 N–H and O–H groups in total. The van der Waals surface area contributed by atoms with Crippen LogP contribution in [0.3, 0.4) is 0 Å². The van der Waals surface area contributed by atoms with Crippen molar-refractivity contribution in [3.8, 4) is 0 Å². The Kier molecular flexibility index (Phi) is 7.26. The molecule has 76 valence electrons. The van der Waals surface area contributed by atoms with E-state index in [0.29, 0.717) is 6.42 Å². The summed E-state index contributed by atoms with van der Waals surface area (Å²) in [7, 11) is 0. The van der Waals surface area contributed by atoms with E-state index < -0.39 is 5.97 Å². The van der Waals surface area contributed by atoms with Crippen LogP contribution in [-0.2, 0) is 9.59 Å². The van der Waals surface area contributed by atoms with Gasteiger partial charge in [0.25, 0.3) is 0 Å². The van der Waals surface area contributed by atoms with E-state index in [1.807, 2.05) is 0 Å². The molecule has 0 bridgehead atoms. The van der Waals surface area contributed by atoms with Crippen LogP contribution >= 0.6 is 0 Å². The van der Waals surface area contributed by atoms with E-state index in [4.69, 9.17) is 5.11 Å². The number of unbranched alkanes of at least 4 members (excludes halogenated alkanes) is 2. The SMILES string of the molecule is CCCCCC(CC=O)CC(=O)O. The van der Waals surface area contributed by atoms with Crippen molar-refractivity contribution < 1.29 is 14.7 Å². The summed E-state index contributed by atoms with van der Waals surface area (Å²) in [6.07, 6.45) is 5.47. The van der Waals surface area contributed by atoms with Crippen LogP contribution < -0.4 is 0 Å². The highest BCUT2D eigenvalue weighted by Gasteiger charge is 2.11. The highest BCUT2D eigenvalue weighted by Crippen LogP contribution is 2.16. The lowest BCUT2D eigenvalue weighted by atomic mass is 9.95. The first-order valence-electron chi connectivity index (χ1n) is 4.86. The van der Waals surface area contributed by atoms with Crippen LogP contribution in [0.15, 0.2) is 0 Å². The van der Waals surface area contributed by atoms with Crippen LogP contribution in [0.5, 0.6) is 0 Å². The predicted molar refractivity (Wildman–Crippen MR) is 50.6 cm³/mol. The van der Waals surface area contributed by atoms with Crippen LogP contribution in [-0.4, -0.2) is 17.4 Å². The minimum atomic E-state index is -0.802. The van der Waals surface area contributed by atoms with Crippen LogP contribution in [0, 0.1) is 5.92 Å². The molecule has 0 aromatic heterocycles. The molecule has 13 heavy (non-hydrogen) atoms. The zero-order chi connectivity index (χ0) is 10.1. The van der Waals surface area contributed by atoms with Crippen molar-refractivity contribution in [2.75, 3.05) is 0 Å². The normalized spacial score (nSPS) is 12.4. The fourth-order valence-electron chi connectivity index (χ4n) is 1.37. The Morgan fingerprint density at radius 2 is 2.15 bits per heavy atom. The summed E-state index contributed by atoms with van der Waals surface area (Å²) in [5.41, 5.74) is 0. The van der Waals surface area contributed by atoms with Gasteiger partial charge in [0.05, 0.1) is 0 Å². The molecule has 0 heterocycles. The molecule has 0 saturated carbocycles. The van der Waals surface area contributed by atoms with E-state index >= 15 is 0 Å². The number of carboxylic acids is 1. The maximum atomic E-state index is 10.4. The standard InChI is InChI=1S/C10H18O3/c1-2-3-4-5-9(6-7-11)8-10(12)13/h7,9H,2-6,8H2,1H3,(H,12,13). The molecular formula is C10H18O3. The fourth-order valence-corrected chi connectivity index (χ4v) is 1.37. The Hall–Kier alpha value is -0.860. The molecule has 3 heteroatoms. The molecular weight excluding hydrogens is 168 g/mol. The van der Waals surface area contributed by atoms with Gasteiger partial charge in [-0.2, -0.15) is 0 Å². The summed E-state index contributed by atoms with van der Waals surface area (Å²) < 4.78 is 0. The van der Waals surface area contributed by atoms with Crippen molar-refractivity contribution in [3.63, 3.8) is 0 Å². The summed E-state index contributed by atoms with van der Waals surface area (Å²) in [5, 5.41) is 8.55. The third kappa shape index (κ3) is 7.50. The van der Waals surface area contributed by atoms with E-state index in [-0.39, 0.29) is 12.3 Å². The van der Waals surface area contributed by atoms with Crippen molar-refractivity contribution in [2.24, 2.45) is 5.92 Å². The Labute approximate surface area is 79.1 Å². The Morgan fingerprint density at radius 1 is 1.46 bits per heavy atom. The second-order valence-corrected chi connectivity index (χ2v) is 3.36. The average molecular weight is 186 g/mol. The Morgan fingerprint density at radius 3 is 2.62 bits per heavy atom. The molecule has 0 fully saturated rings. The maximum Gasteiger partial charge on any atom is 0.303 e. The van der Waals surface area contributed by atoms with Gasteiger partial charge in [-0.3, -0.25) is 4.79 Å². The molecule has 3 nitrogen and oxygen atoms in total. The first kappa shape index (κ1) is 12.1. The van der Waals surface area contributed by atoms with Gasteiger partial charge in [0.1, 0.15) is 6.29 Å². The molecule has 0 aliphatic carbocycles. The molecule has 0 aromatic carbocycles. The number of aliphatic carboxylic acids is 1. The molecule has 1 unspecified atom stereocenters. The van der Waals surface area contributed by atoms with E-state index in [0.717, 1.165) is 32.0 Å². The number of carboxylic acid groups (broad SMARTS) is 1. The zero-order valence-corrected chi connectivity index (χ0v) is 8.16. The van der Waals surface area contributed by atoms with E-state index in [9.17, 15) is 9.59 Å². The third-order valence-electron chi connectivity index (χ3n) is 2.11. The number of carbonyl (C=O) groups excluding carboxylic acids is 1. The second kappa shape index (κ2) is 7.77. The largest absolute Gasteiger partial charge is 0.481 e. The quantitative estimate of drug-likeness (QED) is 0.467. The maximum absolute atomic E-state index is 10.4. The second-order valence-electron chi connectivity index (χ2n) is 3.36. The Bertz CT molecular complexity index is 154. The lowest BCUT2D eigenvalue weighted by molar-refractivity contribution is -0.138. The summed E-state index contributed by atoms with van der Waals surface area (Å²) in [4.78, 5) is 20.6. The molecule has 1 atom stereocenters. The Balaban J connectivity index is 3.65. The van der Waals surface area contributed by atoms with Crippen molar-refractivity contribution in [1.82, 2.24) is 0 Å². The number of carbonyl (C=O) groups is 2. The minimum absolute atomic E-state index is 0.0431. The van der Waals surface area contributed by atoms with Crippen LogP contribution in [0.1, 0.15) is 45.4 Å². The lowest BCUT2D eigenvalue weighted by Gasteiger charge is -2.10. The van der Waals surface area contributed by atoms with Gasteiger partial charge in [-0.1, -0.05) is 26.2 Å². The highest BCUT2D eigenvalue weighted by molar-refractivity contribution is 5.67. The molecule has 0 spiro atoms. The van der Waals surface area contributed by atoms with Crippen LogP contribution in [0.4, 0.5) is 0 Å². The van der Waals surface area contributed by atoms with Crippen molar-refractivity contribution >= 4 is 12.3 Å². The molecule has 0 aliphatic rings. The predicted octanol–water partition coefficient (Wildman–Crippen LogP) is 2.25. The van der Waals surface area contributed by atoms with E-state index in [2.05, 4.69) is 6.92 Å². The van der Waals surface area contributed by atoms with Gasteiger partial charge in [-0.05, 0) is 12.3 Å². The highest BCUT2D eigenvalue weighted by atomic mass is 16.4. The topological polar surface area (TPSA) is 54.4 Å². The number of hydrogen-bond donors (Lipinski definition) is 1. The van der Waals surface area contributed by atoms with Gasteiger partial charge in [0.15, 0.2) is 0 Å². The summed E-state index contributed by atoms with van der Waals surface area (Å²) >= 11 is 0. The van der Waals surface area contributed by atoms with Crippen LogP contribution in [0.25, 0.3) is 0 Å². The number of aldehydes is 1. The summed E-state index contributed by atoms with van der Waals surface area (Å²) in [5.74, 6) is -0.759. The molecule has 0 saturated heterocycles. The number of rotatable bonds is 8. The van der Waals surface area contributed by atoms with Crippen LogP contribution in [0.2, 0.25) is 0 Å². The fraction of sp³-hybridized carbons (Fsp3) is 0.800. The first-order valence-corrected chi connectivity index (χ1v) is 4.86. The third-order valence-corrected chi connectivity index (χ3v) is 2.11. The van der Waals surface area contributed by atoms with Gasteiger partial charge < -0.3 is 9.90 Å². The van der Waals surface area contributed by atoms with Gasteiger partial charge >= 0.3 is 5.97 Å². The zero-order valence-electron chi connectivity index (χ0n) is 8.16. The monoisotopic (exact) mass is 186 g/mol. The van der Waals surface area contributed by atoms with Gasteiger partial charge in [-0.15, -0.1) is 0 Å². The molecule has 0 aliphatic heterocycles. The van der Waals surface area contributed by atoms with Gasteiger partial charge in [0, 0.05) is 12.8 Å². The lowest BCUT2D eigenvalue weighted by Crippen LogP contribution is -2.08. The summed E-state index contributed by atoms with van der Waals surface area (Å²) in [6, 6.07) is 0. The van der Waals surface area contributed by atoms with Gasteiger partial charge in [-0.25, -0.2) is 0 Å². The van der Waals surface area contributed by atoms with Gasteiger partial charge in [0.2, 0.25) is 0 Å². The van der Waals surface area contributed by atoms with Crippen molar-refractivity contribution in [2.45, 2.75) is 45.4 Å². The number of hydrogen-bond acceptors (Lipinski definition) is 2. The minimum Gasteiger partial charge on any atom is -0.481 e. The molecule has 0 rings (SSSR count). The molecule has 0 radical (unpaired) electrons. The average Bonchev–Trinajstić information content (AvgIpc) is 2.04. The van der Waals surface area contributed by atoms with E-state index in [1.165, 1.54) is 0 Å². The smallest absolute Gasteiger partial charge is 0.303 e. The van der Waals surface area contributed by atoms with E-state index in [1.54, 1.807) is 0 Å². The van der Waals surface area contributed by atoms with Crippen molar-refractivity contribution in [1.29, 1.82) is 0 Å². The molecule has 0 aromatic rings. The van der Waals surface area contributed by atoms with Crippen molar-refractivity contribution in [3.05, 3.63) is 0 Å². The first-order chi connectivity index (χ1) is 6.20. The summed E-state index contributed by atoms with van der Waals surface area (Å²) in [6.45, 7) is 2.10.